The molecule has 0 spiro atoms. The maximum absolute atomic E-state index is 12.0. The molecule has 0 saturated heterocycles. The van der Waals surface area contributed by atoms with Crippen LogP contribution in [0.4, 0.5) is 0 Å². The maximum atomic E-state index is 12.0. The van der Waals surface area contributed by atoms with Gasteiger partial charge in [0, 0.05) is 18.8 Å². The van der Waals surface area contributed by atoms with Crippen molar-refractivity contribution < 1.29 is 13.2 Å². The van der Waals surface area contributed by atoms with Crippen LogP contribution in [-0.4, -0.2) is 24.4 Å². The van der Waals surface area contributed by atoms with Gasteiger partial charge in [-0.15, -0.1) is 0 Å². The largest absolute Gasteiger partial charge is 0.346 e. The fourth-order valence-electron chi connectivity index (χ4n) is 1.38. The molecule has 18 heavy (non-hydrogen) atoms. The van der Waals surface area contributed by atoms with Gasteiger partial charge in [0.2, 0.25) is 10.0 Å². The summed E-state index contributed by atoms with van der Waals surface area (Å²) in [6.45, 7) is 5.75. The topological polar surface area (TPSA) is 94.2 Å². The van der Waals surface area contributed by atoms with Gasteiger partial charge in [-0.2, -0.15) is 0 Å². The molecule has 0 fully saturated rings. The molecule has 7 heteroatoms. The molecule has 0 aromatic carbocycles. The van der Waals surface area contributed by atoms with Crippen LogP contribution in [0.15, 0.2) is 17.2 Å². The molecule has 0 bridgehead atoms. The van der Waals surface area contributed by atoms with Crippen LogP contribution in [0.1, 0.15) is 37.7 Å². The van der Waals surface area contributed by atoms with Gasteiger partial charge in [-0.3, -0.25) is 4.79 Å². The molecule has 0 aliphatic carbocycles. The number of hydrogen-bond acceptors (Lipinski definition) is 3. The second-order valence-corrected chi connectivity index (χ2v) is 6.47. The maximum Gasteiger partial charge on any atom is 0.268 e. The molecule has 3 N–H and O–H groups in total. The standard InChI is InChI=1S/C11H19N3O3S/c1-5-11(2,3)13-10(15)9-6-8(7-14(9)4)18(12,16)17/h6-7H,5H2,1-4H3,(H,13,15)(H2,12,16,17). The summed E-state index contributed by atoms with van der Waals surface area (Å²) in [5.74, 6) is -0.320. The van der Waals surface area contributed by atoms with Crippen molar-refractivity contribution in [2.45, 2.75) is 37.6 Å². The SMILES string of the molecule is CCC(C)(C)NC(=O)c1cc(S(N)(=O)=O)cn1C. The highest BCUT2D eigenvalue weighted by atomic mass is 32.2. The summed E-state index contributed by atoms with van der Waals surface area (Å²) in [5, 5.41) is 7.85. The number of rotatable bonds is 4. The molecule has 1 heterocycles. The summed E-state index contributed by atoms with van der Waals surface area (Å²) in [6, 6.07) is 1.27. The van der Waals surface area contributed by atoms with E-state index in [-0.39, 0.29) is 22.0 Å². The Morgan fingerprint density at radius 2 is 2.06 bits per heavy atom. The van der Waals surface area contributed by atoms with Crippen molar-refractivity contribution in [2.75, 3.05) is 0 Å². The molecule has 0 saturated carbocycles. The smallest absolute Gasteiger partial charge is 0.268 e. The number of aryl methyl sites for hydroxylation is 1. The van der Waals surface area contributed by atoms with Crippen LogP contribution in [0, 0.1) is 0 Å². The van der Waals surface area contributed by atoms with Gasteiger partial charge in [0.25, 0.3) is 5.91 Å². The average Bonchev–Trinajstić information content (AvgIpc) is 2.59. The zero-order valence-corrected chi connectivity index (χ0v) is 11.8. The summed E-state index contributed by atoms with van der Waals surface area (Å²) in [5.41, 5.74) is -0.0797. The minimum Gasteiger partial charge on any atom is -0.346 e. The van der Waals surface area contributed by atoms with E-state index in [0.29, 0.717) is 0 Å². The first kappa shape index (κ1) is 14.7. The quantitative estimate of drug-likeness (QED) is 0.840. The fourth-order valence-corrected chi connectivity index (χ4v) is 1.96. The molecular weight excluding hydrogens is 254 g/mol. The molecule has 0 atom stereocenters. The zero-order valence-electron chi connectivity index (χ0n) is 11.0. The second kappa shape index (κ2) is 4.74. The van der Waals surface area contributed by atoms with Crippen LogP contribution in [-0.2, 0) is 17.1 Å². The molecule has 0 aliphatic rings. The lowest BCUT2D eigenvalue weighted by Crippen LogP contribution is -2.43. The van der Waals surface area contributed by atoms with Gasteiger partial charge < -0.3 is 9.88 Å². The molecular formula is C11H19N3O3S. The number of nitrogens with zero attached hydrogens (tertiary/aromatic N) is 1. The van der Waals surface area contributed by atoms with Gasteiger partial charge >= 0.3 is 0 Å². The summed E-state index contributed by atoms with van der Waals surface area (Å²) >= 11 is 0. The second-order valence-electron chi connectivity index (χ2n) is 4.91. The van der Waals surface area contributed by atoms with E-state index >= 15 is 0 Å². The number of aromatic nitrogens is 1. The Labute approximate surface area is 107 Å². The van der Waals surface area contributed by atoms with Crippen LogP contribution in [0.25, 0.3) is 0 Å². The predicted molar refractivity (Wildman–Crippen MR) is 68.6 cm³/mol. The molecule has 0 aliphatic heterocycles. The van der Waals surface area contributed by atoms with Crippen molar-refractivity contribution in [3.8, 4) is 0 Å². The Kier molecular flexibility index (Phi) is 3.87. The van der Waals surface area contributed by atoms with Gasteiger partial charge in [0.1, 0.15) is 10.6 Å². The number of carbonyl (C=O) groups is 1. The van der Waals surface area contributed by atoms with Gasteiger partial charge in [-0.05, 0) is 26.3 Å². The van der Waals surface area contributed by atoms with Gasteiger partial charge in [0.15, 0.2) is 0 Å². The monoisotopic (exact) mass is 273 g/mol. The molecule has 102 valence electrons. The lowest BCUT2D eigenvalue weighted by atomic mass is 10.0. The van der Waals surface area contributed by atoms with E-state index in [1.165, 1.54) is 16.8 Å². The molecule has 6 nitrogen and oxygen atoms in total. The lowest BCUT2D eigenvalue weighted by Gasteiger charge is -2.24. The molecule has 0 unspecified atom stereocenters. The zero-order chi connectivity index (χ0) is 14.1. The molecule has 1 aromatic rings. The normalized spacial score (nSPS) is 12.5. The number of hydrogen-bond donors (Lipinski definition) is 2. The first-order valence-electron chi connectivity index (χ1n) is 5.58. The van der Waals surface area contributed by atoms with Gasteiger partial charge in [0.05, 0.1) is 0 Å². The van der Waals surface area contributed by atoms with Crippen molar-refractivity contribution in [1.29, 1.82) is 0 Å². The van der Waals surface area contributed by atoms with Gasteiger partial charge in [-0.25, -0.2) is 13.6 Å². The molecule has 1 rings (SSSR count). The van der Waals surface area contributed by atoms with Crippen LogP contribution in [0.2, 0.25) is 0 Å². The van der Waals surface area contributed by atoms with E-state index in [2.05, 4.69) is 5.32 Å². The third-order valence-electron chi connectivity index (χ3n) is 2.88. The van der Waals surface area contributed by atoms with Gasteiger partial charge in [-0.1, -0.05) is 6.92 Å². The summed E-state index contributed by atoms with van der Waals surface area (Å²) in [6.07, 6.45) is 2.09. The Balaban J connectivity index is 3.05. The Morgan fingerprint density at radius 1 is 1.50 bits per heavy atom. The Morgan fingerprint density at radius 3 is 2.44 bits per heavy atom. The number of carbonyl (C=O) groups excluding carboxylic acids is 1. The predicted octanol–water partition coefficient (Wildman–Crippen LogP) is 0.591. The van der Waals surface area contributed by atoms with E-state index < -0.39 is 10.0 Å². The van der Waals surface area contributed by atoms with E-state index in [4.69, 9.17) is 5.14 Å². The van der Waals surface area contributed by atoms with Crippen LogP contribution >= 0.6 is 0 Å². The van der Waals surface area contributed by atoms with Crippen LogP contribution in [0.5, 0.6) is 0 Å². The van der Waals surface area contributed by atoms with E-state index in [1.807, 2.05) is 20.8 Å². The molecule has 1 aromatic heterocycles. The number of nitrogens with one attached hydrogen (secondary N) is 1. The molecule has 1 amide bonds. The first-order valence-corrected chi connectivity index (χ1v) is 7.13. The minimum atomic E-state index is -3.79. The Hall–Kier alpha value is -1.34. The highest BCUT2D eigenvalue weighted by molar-refractivity contribution is 7.89. The average molecular weight is 273 g/mol. The lowest BCUT2D eigenvalue weighted by molar-refractivity contribution is 0.0903. The fraction of sp³-hybridized carbons (Fsp3) is 0.545. The number of nitrogens with two attached hydrogens (primary N) is 1. The highest BCUT2D eigenvalue weighted by Gasteiger charge is 2.22. The van der Waals surface area contributed by atoms with Crippen molar-refractivity contribution >= 4 is 15.9 Å². The summed E-state index contributed by atoms with van der Waals surface area (Å²) in [4.78, 5) is 11.9. The third kappa shape index (κ3) is 3.33. The highest BCUT2D eigenvalue weighted by Crippen LogP contribution is 2.14. The number of amides is 1. The minimum absolute atomic E-state index is 0.0653. The Bertz CT molecular complexity index is 558. The first-order chi connectivity index (χ1) is 8.07. The van der Waals surface area contributed by atoms with E-state index in [0.717, 1.165) is 6.42 Å². The van der Waals surface area contributed by atoms with E-state index in [1.54, 1.807) is 7.05 Å². The van der Waals surface area contributed by atoms with Crippen molar-refractivity contribution in [1.82, 2.24) is 9.88 Å². The summed E-state index contributed by atoms with van der Waals surface area (Å²) in [7, 11) is -2.19. The van der Waals surface area contributed by atoms with E-state index in [9.17, 15) is 13.2 Å². The van der Waals surface area contributed by atoms with Crippen molar-refractivity contribution in [3.05, 3.63) is 18.0 Å². The summed E-state index contributed by atoms with van der Waals surface area (Å²) < 4.78 is 23.8. The third-order valence-corrected chi connectivity index (χ3v) is 3.76. The van der Waals surface area contributed by atoms with Crippen LogP contribution < -0.4 is 10.5 Å². The van der Waals surface area contributed by atoms with Crippen molar-refractivity contribution in [2.24, 2.45) is 12.2 Å². The van der Waals surface area contributed by atoms with Crippen LogP contribution in [0.3, 0.4) is 0 Å². The number of primary sulfonamides is 1. The van der Waals surface area contributed by atoms with Crippen molar-refractivity contribution in [3.63, 3.8) is 0 Å². The molecule has 0 radical (unpaired) electrons. The number of sulfonamides is 1.